The number of benzene rings is 2. The normalized spacial score (nSPS) is 15.8. The molecule has 1 saturated heterocycles. The van der Waals surface area contributed by atoms with Crippen molar-refractivity contribution in [2.24, 2.45) is 0 Å². The standard InChI is InChI=1S/C21H26BrN3O3S/c1-2-12-25-13-10-18(11-14-25)23-21(26)16-4-3-5-19(15-16)24-29(27,28)20-8-6-17(22)7-9-20/h3-9,15,18,24H,2,10-14H2,1H3,(H,23,26). The van der Waals surface area contributed by atoms with Crippen molar-refractivity contribution < 1.29 is 13.2 Å². The summed E-state index contributed by atoms with van der Waals surface area (Å²) in [6.45, 7) is 5.25. The van der Waals surface area contributed by atoms with E-state index in [1.165, 1.54) is 12.1 Å². The van der Waals surface area contributed by atoms with Crippen LogP contribution in [-0.4, -0.2) is 44.9 Å². The largest absolute Gasteiger partial charge is 0.349 e. The number of piperidine rings is 1. The summed E-state index contributed by atoms with van der Waals surface area (Å²) in [5.74, 6) is -0.177. The van der Waals surface area contributed by atoms with Crippen LogP contribution in [0.25, 0.3) is 0 Å². The van der Waals surface area contributed by atoms with E-state index >= 15 is 0 Å². The number of nitrogens with one attached hydrogen (secondary N) is 2. The summed E-state index contributed by atoms with van der Waals surface area (Å²) in [6, 6.07) is 13.1. The summed E-state index contributed by atoms with van der Waals surface area (Å²) in [6.07, 6.45) is 3.00. The number of anilines is 1. The van der Waals surface area contributed by atoms with Crippen molar-refractivity contribution in [2.75, 3.05) is 24.4 Å². The number of hydrogen-bond acceptors (Lipinski definition) is 4. The van der Waals surface area contributed by atoms with Gasteiger partial charge in [0, 0.05) is 34.9 Å². The topological polar surface area (TPSA) is 78.5 Å². The van der Waals surface area contributed by atoms with Gasteiger partial charge >= 0.3 is 0 Å². The van der Waals surface area contributed by atoms with Gasteiger partial charge < -0.3 is 10.2 Å². The maximum absolute atomic E-state index is 12.6. The fourth-order valence-electron chi connectivity index (χ4n) is 3.44. The molecule has 3 rings (SSSR count). The molecule has 29 heavy (non-hydrogen) atoms. The highest BCUT2D eigenvalue weighted by molar-refractivity contribution is 9.10. The maximum atomic E-state index is 12.6. The van der Waals surface area contributed by atoms with E-state index in [1.54, 1.807) is 36.4 Å². The first-order valence-corrected chi connectivity index (χ1v) is 12.1. The Balaban J connectivity index is 1.63. The van der Waals surface area contributed by atoms with Crippen LogP contribution in [0.2, 0.25) is 0 Å². The summed E-state index contributed by atoms with van der Waals surface area (Å²) in [5, 5.41) is 3.08. The lowest BCUT2D eigenvalue weighted by atomic mass is 10.0. The van der Waals surface area contributed by atoms with Gasteiger partial charge in [-0.15, -0.1) is 0 Å². The van der Waals surface area contributed by atoms with Gasteiger partial charge in [0.15, 0.2) is 0 Å². The minimum Gasteiger partial charge on any atom is -0.349 e. The van der Waals surface area contributed by atoms with Gasteiger partial charge in [-0.25, -0.2) is 8.42 Å². The van der Waals surface area contributed by atoms with Crippen molar-refractivity contribution in [1.29, 1.82) is 0 Å². The summed E-state index contributed by atoms with van der Waals surface area (Å²) >= 11 is 3.29. The van der Waals surface area contributed by atoms with Crippen molar-refractivity contribution in [3.05, 3.63) is 58.6 Å². The fraction of sp³-hybridized carbons (Fsp3) is 0.381. The second-order valence-electron chi connectivity index (χ2n) is 7.23. The van der Waals surface area contributed by atoms with Gasteiger partial charge in [0.1, 0.15) is 0 Å². The summed E-state index contributed by atoms with van der Waals surface area (Å²) in [4.78, 5) is 15.2. The monoisotopic (exact) mass is 479 g/mol. The van der Waals surface area contributed by atoms with E-state index in [-0.39, 0.29) is 16.8 Å². The molecule has 0 saturated carbocycles. The molecule has 156 valence electrons. The highest BCUT2D eigenvalue weighted by atomic mass is 79.9. The van der Waals surface area contributed by atoms with Gasteiger partial charge in [0.05, 0.1) is 4.90 Å². The van der Waals surface area contributed by atoms with E-state index in [1.807, 2.05) is 0 Å². The Morgan fingerprint density at radius 3 is 2.48 bits per heavy atom. The zero-order valence-electron chi connectivity index (χ0n) is 16.4. The highest BCUT2D eigenvalue weighted by Gasteiger charge is 2.21. The predicted octanol–water partition coefficient (Wildman–Crippen LogP) is 3.85. The Bertz CT molecular complexity index is 940. The minimum atomic E-state index is -3.72. The molecular formula is C21H26BrN3O3S. The molecule has 0 spiro atoms. The summed E-state index contributed by atoms with van der Waals surface area (Å²) in [7, 11) is -3.72. The minimum absolute atomic E-state index is 0.152. The molecule has 1 aliphatic rings. The van der Waals surface area contributed by atoms with Crippen molar-refractivity contribution in [3.63, 3.8) is 0 Å². The third-order valence-electron chi connectivity index (χ3n) is 4.96. The number of sulfonamides is 1. The fourth-order valence-corrected chi connectivity index (χ4v) is 4.75. The Morgan fingerprint density at radius 1 is 1.14 bits per heavy atom. The van der Waals surface area contributed by atoms with Crippen LogP contribution in [0.1, 0.15) is 36.5 Å². The number of rotatable bonds is 7. The molecule has 2 aromatic rings. The van der Waals surface area contributed by atoms with Crippen LogP contribution in [0.15, 0.2) is 57.9 Å². The SMILES string of the molecule is CCCN1CCC(NC(=O)c2cccc(NS(=O)(=O)c3ccc(Br)cc3)c2)CC1. The second-order valence-corrected chi connectivity index (χ2v) is 9.83. The zero-order valence-corrected chi connectivity index (χ0v) is 18.8. The van der Waals surface area contributed by atoms with Gasteiger partial charge in [-0.05, 0) is 68.3 Å². The van der Waals surface area contributed by atoms with Gasteiger partial charge in [-0.2, -0.15) is 0 Å². The molecule has 0 aromatic heterocycles. The van der Waals surface area contributed by atoms with Gasteiger partial charge in [-0.3, -0.25) is 9.52 Å². The van der Waals surface area contributed by atoms with Crippen LogP contribution in [0.3, 0.4) is 0 Å². The molecule has 1 heterocycles. The quantitative estimate of drug-likeness (QED) is 0.631. The third kappa shape index (κ3) is 6.04. The molecular weight excluding hydrogens is 454 g/mol. The first kappa shape index (κ1) is 21.8. The molecule has 1 amide bonds. The number of carbonyl (C=O) groups is 1. The van der Waals surface area contributed by atoms with E-state index in [4.69, 9.17) is 0 Å². The smallest absolute Gasteiger partial charge is 0.261 e. The van der Waals surface area contributed by atoms with E-state index < -0.39 is 10.0 Å². The highest BCUT2D eigenvalue weighted by Crippen LogP contribution is 2.20. The van der Waals surface area contributed by atoms with Gasteiger partial charge in [0.2, 0.25) is 0 Å². The predicted molar refractivity (Wildman–Crippen MR) is 119 cm³/mol. The molecule has 0 unspecified atom stereocenters. The summed E-state index contributed by atoms with van der Waals surface area (Å²) in [5.41, 5.74) is 0.801. The van der Waals surface area contributed by atoms with E-state index in [2.05, 4.69) is 37.8 Å². The second kappa shape index (κ2) is 9.73. The molecule has 0 bridgehead atoms. The first-order chi connectivity index (χ1) is 13.9. The molecule has 6 nitrogen and oxygen atoms in total. The number of halogens is 1. The van der Waals surface area contributed by atoms with E-state index in [0.717, 1.165) is 43.4 Å². The van der Waals surface area contributed by atoms with Crippen molar-refractivity contribution in [3.8, 4) is 0 Å². The molecule has 8 heteroatoms. The lowest BCUT2D eigenvalue weighted by Crippen LogP contribution is -2.44. The van der Waals surface area contributed by atoms with Crippen LogP contribution >= 0.6 is 15.9 Å². The van der Waals surface area contributed by atoms with Crippen LogP contribution in [0, 0.1) is 0 Å². The van der Waals surface area contributed by atoms with Crippen LogP contribution < -0.4 is 10.0 Å². The average molecular weight is 480 g/mol. The van der Waals surface area contributed by atoms with Crippen molar-refractivity contribution in [2.45, 2.75) is 37.1 Å². The Hall–Kier alpha value is -1.90. The van der Waals surface area contributed by atoms with E-state index in [9.17, 15) is 13.2 Å². The number of carbonyl (C=O) groups excluding carboxylic acids is 1. The molecule has 1 fully saturated rings. The lowest BCUT2D eigenvalue weighted by Gasteiger charge is -2.32. The van der Waals surface area contributed by atoms with Crippen LogP contribution in [0.4, 0.5) is 5.69 Å². The van der Waals surface area contributed by atoms with Crippen LogP contribution in [-0.2, 0) is 10.0 Å². The maximum Gasteiger partial charge on any atom is 0.261 e. The number of amides is 1. The number of nitrogens with zero attached hydrogens (tertiary/aromatic N) is 1. The van der Waals surface area contributed by atoms with Gasteiger partial charge in [0.25, 0.3) is 15.9 Å². The molecule has 2 aromatic carbocycles. The lowest BCUT2D eigenvalue weighted by molar-refractivity contribution is 0.0911. The average Bonchev–Trinajstić information content (AvgIpc) is 2.70. The number of hydrogen-bond donors (Lipinski definition) is 2. The molecule has 1 aliphatic heterocycles. The summed E-state index contributed by atoms with van der Waals surface area (Å²) < 4.78 is 28.5. The molecule has 2 N–H and O–H groups in total. The Labute approximate surface area is 180 Å². The van der Waals surface area contributed by atoms with Crippen LogP contribution in [0.5, 0.6) is 0 Å². The third-order valence-corrected chi connectivity index (χ3v) is 6.89. The first-order valence-electron chi connectivity index (χ1n) is 9.79. The van der Waals surface area contributed by atoms with Crippen molar-refractivity contribution >= 4 is 37.5 Å². The van der Waals surface area contributed by atoms with Gasteiger partial charge in [-0.1, -0.05) is 28.9 Å². The van der Waals surface area contributed by atoms with E-state index in [0.29, 0.717) is 11.3 Å². The number of likely N-dealkylation sites (tertiary alicyclic amines) is 1. The van der Waals surface area contributed by atoms with Crippen molar-refractivity contribution in [1.82, 2.24) is 10.2 Å². The Morgan fingerprint density at radius 2 is 1.83 bits per heavy atom. The molecule has 0 radical (unpaired) electrons. The zero-order chi connectivity index (χ0) is 20.9. The molecule has 0 atom stereocenters. The molecule has 0 aliphatic carbocycles. The Kier molecular flexibility index (Phi) is 7.32.